The summed E-state index contributed by atoms with van der Waals surface area (Å²) >= 11 is 1.32. The third-order valence-electron chi connectivity index (χ3n) is 1.19. The van der Waals surface area contributed by atoms with Crippen molar-refractivity contribution in [2.45, 2.75) is 12.2 Å². The summed E-state index contributed by atoms with van der Waals surface area (Å²) in [5.41, 5.74) is 0. The molecule has 5 heteroatoms. The number of carbonyl (C=O) groups is 1. The lowest BCUT2D eigenvalue weighted by Crippen LogP contribution is -2.37. The zero-order valence-electron chi connectivity index (χ0n) is 6.23. The second-order valence-electron chi connectivity index (χ2n) is 2.09. The summed E-state index contributed by atoms with van der Waals surface area (Å²) in [7, 11) is 0. The molecule has 0 amide bonds. The summed E-state index contributed by atoms with van der Waals surface area (Å²) in [6.07, 6.45) is -0.781. The van der Waals surface area contributed by atoms with Gasteiger partial charge in [0.25, 0.3) is 0 Å². The molecule has 11 heavy (non-hydrogen) atoms. The van der Waals surface area contributed by atoms with Crippen molar-refractivity contribution in [3.05, 3.63) is 0 Å². The maximum Gasteiger partial charge on any atom is 0.189 e. The zero-order chi connectivity index (χ0) is 8.85. The second-order valence-corrected chi connectivity index (χ2v) is 3.00. The summed E-state index contributed by atoms with van der Waals surface area (Å²) in [6.45, 7) is -0.730. The molecule has 0 spiro atoms. The number of thioether (sulfide) groups is 1. The van der Waals surface area contributed by atoms with Crippen LogP contribution in [0.4, 0.5) is 0 Å². The molecular weight excluding hydrogens is 168 g/mol. The summed E-state index contributed by atoms with van der Waals surface area (Å²) in [6, 6.07) is 0. The van der Waals surface area contributed by atoms with Crippen LogP contribution in [-0.2, 0) is 4.79 Å². The molecule has 66 valence electrons. The van der Waals surface area contributed by atoms with Crippen LogP contribution in [0.1, 0.15) is 0 Å². The minimum absolute atomic E-state index is 0.285. The third kappa shape index (κ3) is 3.71. The molecule has 0 aromatic heterocycles. The smallest absolute Gasteiger partial charge is 0.189 e. The Labute approximate surface area is 69.2 Å². The zero-order valence-corrected chi connectivity index (χ0v) is 7.04. The van der Waals surface area contributed by atoms with Crippen LogP contribution >= 0.6 is 11.8 Å². The van der Waals surface area contributed by atoms with E-state index in [0.717, 1.165) is 0 Å². The van der Waals surface area contributed by atoms with Gasteiger partial charge in [-0.2, -0.15) is 11.8 Å². The van der Waals surface area contributed by atoms with E-state index in [1.165, 1.54) is 11.8 Å². The van der Waals surface area contributed by atoms with Crippen LogP contribution in [-0.4, -0.2) is 51.9 Å². The van der Waals surface area contributed by atoms with Crippen molar-refractivity contribution in [1.82, 2.24) is 0 Å². The highest BCUT2D eigenvalue weighted by molar-refractivity contribution is 7.98. The number of carbonyl (C=O) groups excluding carboxylic acids is 1. The molecule has 4 nitrogen and oxygen atoms in total. The van der Waals surface area contributed by atoms with Crippen LogP contribution in [0.2, 0.25) is 0 Å². The van der Waals surface area contributed by atoms with E-state index in [4.69, 9.17) is 15.3 Å². The largest absolute Gasteiger partial charge is 0.389 e. The summed E-state index contributed by atoms with van der Waals surface area (Å²) in [5.74, 6) is -0.459. The molecule has 0 aromatic carbocycles. The molecule has 0 unspecified atom stereocenters. The van der Waals surface area contributed by atoms with E-state index in [1.54, 1.807) is 6.26 Å². The lowest BCUT2D eigenvalue weighted by atomic mass is 10.1. The molecule has 3 N–H and O–H groups in total. The van der Waals surface area contributed by atoms with Crippen molar-refractivity contribution in [1.29, 1.82) is 0 Å². The minimum Gasteiger partial charge on any atom is -0.389 e. The third-order valence-corrected chi connectivity index (χ3v) is 1.86. The van der Waals surface area contributed by atoms with E-state index >= 15 is 0 Å². The average molecular weight is 180 g/mol. The van der Waals surface area contributed by atoms with Crippen LogP contribution < -0.4 is 0 Å². The molecule has 0 aliphatic carbocycles. The Bertz CT molecular complexity index is 128. The summed E-state index contributed by atoms with van der Waals surface area (Å²) in [4.78, 5) is 10.6. The molecule has 0 fully saturated rings. The Morgan fingerprint density at radius 2 is 2.09 bits per heavy atom. The maximum atomic E-state index is 10.6. The van der Waals surface area contributed by atoms with E-state index in [1.807, 2.05) is 0 Å². The molecule has 0 bridgehead atoms. The number of hydrogen-bond acceptors (Lipinski definition) is 5. The highest BCUT2D eigenvalue weighted by Crippen LogP contribution is 2.02. The first-order valence-electron chi connectivity index (χ1n) is 3.12. The highest BCUT2D eigenvalue weighted by Gasteiger charge is 2.22. The highest BCUT2D eigenvalue weighted by atomic mass is 32.2. The van der Waals surface area contributed by atoms with Crippen molar-refractivity contribution in [3.63, 3.8) is 0 Å². The molecule has 0 heterocycles. The lowest BCUT2D eigenvalue weighted by Gasteiger charge is -2.13. The number of aliphatic hydroxyl groups excluding tert-OH is 3. The van der Waals surface area contributed by atoms with Gasteiger partial charge in [0, 0.05) is 5.75 Å². The van der Waals surface area contributed by atoms with Crippen LogP contribution in [0.3, 0.4) is 0 Å². The molecule has 2 atom stereocenters. The van der Waals surface area contributed by atoms with Crippen LogP contribution in [0, 0.1) is 0 Å². The molecule has 0 aromatic rings. The first kappa shape index (κ1) is 10.9. The van der Waals surface area contributed by atoms with Crippen molar-refractivity contribution >= 4 is 17.5 Å². The normalized spacial score (nSPS) is 16.0. The van der Waals surface area contributed by atoms with Gasteiger partial charge in [-0.25, -0.2) is 0 Å². The van der Waals surface area contributed by atoms with Crippen molar-refractivity contribution < 1.29 is 20.1 Å². The van der Waals surface area contributed by atoms with E-state index in [-0.39, 0.29) is 5.75 Å². The topological polar surface area (TPSA) is 77.8 Å². The number of Topliss-reactive ketones (excluding diaryl/α,β-unsaturated/α-hetero) is 1. The van der Waals surface area contributed by atoms with Crippen molar-refractivity contribution in [2.75, 3.05) is 18.6 Å². The van der Waals surface area contributed by atoms with E-state index in [2.05, 4.69) is 0 Å². The summed E-state index contributed by atoms with van der Waals surface area (Å²) < 4.78 is 0. The molecule has 0 aliphatic heterocycles. The fraction of sp³-hybridized carbons (Fsp3) is 0.833. The predicted molar refractivity (Wildman–Crippen MR) is 42.5 cm³/mol. The van der Waals surface area contributed by atoms with Gasteiger partial charge in [0.15, 0.2) is 5.78 Å². The first-order chi connectivity index (χ1) is 5.13. The van der Waals surface area contributed by atoms with Gasteiger partial charge in [-0.3, -0.25) is 4.79 Å². The minimum atomic E-state index is -1.45. The average Bonchev–Trinajstić information content (AvgIpc) is 2.02. The summed E-state index contributed by atoms with van der Waals surface area (Å²) in [5, 5.41) is 26.3. The van der Waals surface area contributed by atoms with Gasteiger partial charge in [-0.1, -0.05) is 0 Å². The first-order valence-corrected chi connectivity index (χ1v) is 4.51. The second kappa shape index (κ2) is 5.54. The van der Waals surface area contributed by atoms with Crippen molar-refractivity contribution in [3.8, 4) is 0 Å². The lowest BCUT2D eigenvalue weighted by molar-refractivity contribution is -0.134. The van der Waals surface area contributed by atoms with Gasteiger partial charge in [0.1, 0.15) is 12.7 Å². The number of hydrogen-bond donors (Lipinski definition) is 3. The molecule has 0 rings (SSSR count). The Balaban J connectivity index is 3.80. The van der Waals surface area contributed by atoms with Gasteiger partial charge in [-0.05, 0) is 6.26 Å². The Morgan fingerprint density at radius 3 is 2.45 bits per heavy atom. The maximum absolute atomic E-state index is 10.6. The quantitative estimate of drug-likeness (QED) is 0.486. The molecule has 0 saturated carbocycles. The SMILES string of the molecule is CSC[C@@H](O)[C@@H](O)C(=O)CO. The van der Waals surface area contributed by atoms with Gasteiger partial charge in [0.05, 0.1) is 6.10 Å². The molecular formula is C6H12O4S. The van der Waals surface area contributed by atoms with Gasteiger partial charge >= 0.3 is 0 Å². The van der Waals surface area contributed by atoms with E-state index in [9.17, 15) is 4.79 Å². The predicted octanol–water partition coefficient (Wildman–Crippen LogP) is -1.37. The monoisotopic (exact) mass is 180 g/mol. The van der Waals surface area contributed by atoms with E-state index in [0.29, 0.717) is 0 Å². The van der Waals surface area contributed by atoms with Gasteiger partial charge < -0.3 is 15.3 Å². The van der Waals surface area contributed by atoms with Crippen LogP contribution in [0.5, 0.6) is 0 Å². The Morgan fingerprint density at radius 1 is 1.55 bits per heavy atom. The number of rotatable bonds is 5. The van der Waals surface area contributed by atoms with Crippen LogP contribution in [0.25, 0.3) is 0 Å². The van der Waals surface area contributed by atoms with E-state index < -0.39 is 24.6 Å². The molecule has 0 aliphatic rings. The number of ketones is 1. The van der Waals surface area contributed by atoms with Crippen molar-refractivity contribution in [2.24, 2.45) is 0 Å². The molecule has 0 radical (unpaired) electrons. The Kier molecular flexibility index (Phi) is 5.49. The standard InChI is InChI=1S/C6H12O4S/c1-11-3-5(9)6(10)4(8)2-7/h5-7,9-10H,2-3H2,1H3/t5-,6+/m1/s1. The number of aliphatic hydroxyl groups is 3. The van der Waals surface area contributed by atoms with Gasteiger partial charge in [0.2, 0.25) is 0 Å². The molecule has 0 saturated heterocycles. The Hall–Kier alpha value is -0.100. The van der Waals surface area contributed by atoms with Gasteiger partial charge in [-0.15, -0.1) is 0 Å². The fourth-order valence-electron chi connectivity index (χ4n) is 0.570. The fourth-order valence-corrected chi connectivity index (χ4v) is 1.09. The van der Waals surface area contributed by atoms with Crippen LogP contribution in [0.15, 0.2) is 0 Å².